The third-order valence-electron chi connectivity index (χ3n) is 5.47. The van der Waals surface area contributed by atoms with Gasteiger partial charge in [0.1, 0.15) is 0 Å². The van der Waals surface area contributed by atoms with Crippen LogP contribution in [0.5, 0.6) is 0 Å². The van der Waals surface area contributed by atoms with Crippen molar-refractivity contribution < 1.29 is 9.32 Å². The molecule has 1 aromatic heterocycles. The summed E-state index contributed by atoms with van der Waals surface area (Å²) in [6.07, 6.45) is 4.03. The molecule has 150 valence electrons. The second-order valence-corrected chi connectivity index (χ2v) is 7.91. The molecule has 0 atom stereocenters. The minimum atomic E-state index is 0.153. The first-order valence-corrected chi connectivity index (χ1v) is 10.5. The molecule has 0 radical (unpaired) electrons. The lowest BCUT2D eigenvalue weighted by atomic mass is 9.90. The number of halogens is 1. The molecule has 3 aromatic rings. The number of aromatic nitrogens is 2. The van der Waals surface area contributed by atoms with E-state index in [9.17, 15) is 4.79 Å². The maximum atomic E-state index is 12.6. The highest BCUT2D eigenvalue weighted by molar-refractivity contribution is 6.33. The van der Waals surface area contributed by atoms with E-state index in [0.717, 1.165) is 37.9 Å². The summed E-state index contributed by atoms with van der Waals surface area (Å²) in [5, 5.41) is 4.57. The number of nitrogens with zero attached hydrogens (tertiary/aromatic N) is 3. The van der Waals surface area contributed by atoms with Gasteiger partial charge in [0.05, 0.1) is 5.02 Å². The summed E-state index contributed by atoms with van der Waals surface area (Å²) in [5.41, 5.74) is 2.11. The summed E-state index contributed by atoms with van der Waals surface area (Å²) in [6, 6.07) is 17.9. The van der Waals surface area contributed by atoms with E-state index in [0.29, 0.717) is 35.5 Å². The van der Waals surface area contributed by atoms with Crippen molar-refractivity contribution in [1.82, 2.24) is 15.0 Å². The normalized spacial score (nSPS) is 14.9. The fourth-order valence-electron chi connectivity index (χ4n) is 3.81. The van der Waals surface area contributed by atoms with Crippen LogP contribution in [-0.4, -0.2) is 34.0 Å². The van der Waals surface area contributed by atoms with E-state index in [1.807, 2.05) is 29.2 Å². The third kappa shape index (κ3) is 5.04. The van der Waals surface area contributed by atoms with Gasteiger partial charge in [0.25, 0.3) is 0 Å². The number of benzene rings is 2. The second kappa shape index (κ2) is 9.23. The molecule has 2 aromatic carbocycles. The highest BCUT2D eigenvalue weighted by Crippen LogP contribution is 2.25. The zero-order valence-electron chi connectivity index (χ0n) is 16.3. The van der Waals surface area contributed by atoms with Crippen LogP contribution >= 0.6 is 11.6 Å². The van der Waals surface area contributed by atoms with Gasteiger partial charge in [-0.1, -0.05) is 59.2 Å². The molecular weight excluding hydrogens is 386 g/mol. The SMILES string of the molecule is O=C(CCc1nc(-c2ccccc2Cl)no1)N1CCC(Cc2ccccc2)CC1. The molecule has 0 bridgehead atoms. The number of piperidine rings is 1. The molecule has 1 amide bonds. The van der Waals surface area contributed by atoms with Crippen LogP contribution in [0.1, 0.15) is 30.7 Å². The molecule has 0 aliphatic carbocycles. The van der Waals surface area contributed by atoms with Gasteiger partial charge >= 0.3 is 0 Å². The van der Waals surface area contributed by atoms with Crippen LogP contribution in [0, 0.1) is 5.92 Å². The summed E-state index contributed by atoms with van der Waals surface area (Å²) in [5.74, 6) is 1.73. The molecule has 0 N–H and O–H groups in total. The van der Waals surface area contributed by atoms with Gasteiger partial charge in [0.15, 0.2) is 0 Å². The number of likely N-dealkylation sites (tertiary alicyclic amines) is 1. The van der Waals surface area contributed by atoms with Crippen molar-refractivity contribution in [2.75, 3.05) is 13.1 Å². The zero-order valence-corrected chi connectivity index (χ0v) is 17.0. The lowest BCUT2D eigenvalue weighted by molar-refractivity contribution is -0.132. The smallest absolute Gasteiger partial charge is 0.227 e. The number of hydrogen-bond donors (Lipinski definition) is 0. The number of carbonyl (C=O) groups excluding carboxylic acids is 1. The molecule has 1 aliphatic heterocycles. The van der Waals surface area contributed by atoms with Crippen LogP contribution in [0.4, 0.5) is 0 Å². The summed E-state index contributed by atoms with van der Waals surface area (Å²) < 4.78 is 5.30. The van der Waals surface area contributed by atoms with Gasteiger partial charge < -0.3 is 9.42 Å². The molecule has 1 aliphatic rings. The number of aryl methyl sites for hydroxylation is 1. The van der Waals surface area contributed by atoms with Crippen LogP contribution < -0.4 is 0 Å². The Labute approximate surface area is 175 Å². The average molecular weight is 410 g/mol. The standard InChI is InChI=1S/C23H24ClN3O2/c24-20-9-5-4-8-19(20)23-25-21(29-26-23)10-11-22(28)27-14-12-18(13-15-27)16-17-6-2-1-3-7-17/h1-9,18H,10-16H2. The van der Waals surface area contributed by atoms with E-state index in [1.54, 1.807) is 6.07 Å². The number of rotatable bonds is 6. The predicted octanol–water partition coefficient (Wildman–Crippen LogP) is 4.80. The maximum Gasteiger partial charge on any atom is 0.227 e. The fourth-order valence-corrected chi connectivity index (χ4v) is 4.03. The number of carbonyl (C=O) groups is 1. The summed E-state index contributed by atoms with van der Waals surface area (Å²) in [6.45, 7) is 1.65. The molecule has 29 heavy (non-hydrogen) atoms. The van der Waals surface area contributed by atoms with Crippen molar-refractivity contribution in [2.45, 2.75) is 32.1 Å². The van der Waals surface area contributed by atoms with Crippen LogP contribution in [-0.2, 0) is 17.6 Å². The summed E-state index contributed by atoms with van der Waals surface area (Å²) in [7, 11) is 0. The summed E-state index contributed by atoms with van der Waals surface area (Å²) in [4.78, 5) is 18.9. The Morgan fingerprint density at radius 1 is 1.07 bits per heavy atom. The first kappa shape index (κ1) is 19.6. The van der Waals surface area contributed by atoms with E-state index in [1.165, 1.54) is 5.56 Å². The lowest BCUT2D eigenvalue weighted by Gasteiger charge is -2.32. The Hall–Kier alpha value is -2.66. The third-order valence-corrected chi connectivity index (χ3v) is 5.80. The van der Waals surface area contributed by atoms with Crippen molar-refractivity contribution in [1.29, 1.82) is 0 Å². The molecule has 0 spiro atoms. The van der Waals surface area contributed by atoms with Gasteiger partial charge in [0.2, 0.25) is 17.6 Å². The Morgan fingerprint density at radius 2 is 1.79 bits per heavy atom. The highest BCUT2D eigenvalue weighted by Gasteiger charge is 2.23. The largest absolute Gasteiger partial charge is 0.343 e. The Kier molecular flexibility index (Phi) is 6.25. The fraction of sp³-hybridized carbons (Fsp3) is 0.348. The zero-order chi connectivity index (χ0) is 20.1. The predicted molar refractivity (Wildman–Crippen MR) is 113 cm³/mol. The minimum absolute atomic E-state index is 0.153. The van der Waals surface area contributed by atoms with Gasteiger partial charge in [-0.25, -0.2) is 0 Å². The molecule has 1 saturated heterocycles. The van der Waals surface area contributed by atoms with Crippen LogP contribution in [0.3, 0.4) is 0 Å². The molecule has 5 nitrogen and oxygen atoms in total. The van der Waals surface area contributed by atoms with Gasteiger partial charge in [-0.15, -0.1) is 0 Å². The lowest BCUT2D eigenvalue weighted by Crippen LogP contribution is -2.39. The first-order chi connectivity index (χ1) is 14.2. The van der Waals surface area contributed by atoms with E-state index >= 15 is 0 Å². The van der Waals surface area contributed by atoms with E-state index in [4.69, 9.17) is 16.1 Å². The number of amides is 1. The topological polar surface area (TPSA) is 59.2 Å². The van der Waals surface area contributed by atoms with E-state index in [2.05, 4.69) is 34.4 Å². The molecule has 2 heterocycles. The summed E-state index contributed by atoms with van der Waals surface area (Å²) >= 11 is 6.18. The quantitative estimate of drug-likeness (QED) is 0.586. The maximum absolute atomic E-state index is 12.6. The van der Waals surface area contributed by atoms with Crippen molar-refractivity contribution in [3.05, 3.63) is 71.1 Å². The Balaban J connectivity index is 1.25. The minimum Gasteiger partial charge on any atom is -0.343 e. The monoisotopic (exact) mass is 409 g/mol. The first-order valence-electron chi connectivity index (χ1n) is 10.1. The van der Waals surface area contributed by atoms with Gasteiger partial charge in [-0.2, -0.15) is 4.98 Å². The average Bonchev–Trinajstić information content (AvgIpc) is 3.22. The molecule has 0 saturated carbocycles. The second-order valence-electron chi connectivity index (χ2n) is 7.51. The van der Waals surface area contributed by atoms with Crippen molar-refractivity contribution in [3.63, 3.8) is 0 Å². The van der Waals surface area contributed by atoms with Gasteiger partial charge in [0, 0.05) is 31.5 Å². The molecular formula is C23H24ClN3O2. The molecule has 6 heteroatoms. The van der Waals surface area contributed by atoms with Crippen LogP contribution in [0.25, 0.3) is 11.4 Å². The van der Waals surface area contributed by atoms with Gasteiger partial charge in [-0.3, -0.25) is 4.79 Å². The van der Waals surface area contributed by atoms with Gasteiger partial charge in [-0.05, 0) is 42.9 Å². The highest BCUT2D eigenvalue weighted by atomic mass is 35.5. The van der Waals surface area contributed by atoms with Crippen molar-refractivity contribution in [2.24, 2.45) is 5.92 Å². The Bertz CT molecular complexity index is 950. The molecule has 0 unspecified atom stereocenters. The molecule has 1 fully saturated rings. The molecule has 4 rings (SSSR count). The Morgan fingerprint density at radius 3 is 2.55 bits per heavy atom. The van der Waals surface area contributed by atoms with E-state index in [-0.39, 0.29) is 5.91 Å². The van der Waals surface area contributed by atoms with Crippen molar-refractivity contribution >= 4 is 17.5 Å². The van der Waals surface area contributed by atoms with Crippen LogP contribution in [0.15, 0.2) is 59.1 Å². The van der Waals surface area contributed by atoms with E-state index < -0.39 is 0 Å². The van der Waals surface area contributed by atoms with Crippen molar-refractivity contribution in [3.8, 4) is 11.4 Å². The number of hydrogen-bond acceptors (Lipinski definition) is 4. The van der Waals surface area contributed by atoms with Crippen LogP contribution in [0.2, 0.25) is 5.02 Å².